The fraction of sp³-hybridized carbons (Fsp3) is 0.350. The van der Waals surface area contributed by atoms with Crippen molar-refractivity contribution < 1.29 is 4.79 Å². The Morgan fingerprint density at radius 2 is 1.85 bits per heavy atom. The van der Waals surface area contributed by atoms with E-state index in [0.717, 1.165) is 41.7 Å². The third kappa shape index (κ3) is 4.41. The van der Waals surface area contributed by atoms with Gasteiger partial charge in [0.2, 0.25) is 0 Å². The highest BCUT2D eigenvalue weighted by atomic mass is 35.5. The normalized spacial score (nSPS) is 14.3. The van der Waals surface area contributed by atoms with Crippen molar-refractivity contribution in [3.63, 3.8) is 0 Å². The van der Waals surface area contributed by atoms with Gasteiger partial charge in [0.05, 0.1) is 0 Å². The molecule has 1 N–H and O–H groups in total. The number of nitrogens with zero attached hydrogens (tertiary/aromatic N) is 3. The third-order valence-electron chi connectivity index (χ3n) is 4.75. The molecular formula is C20H25ClN4O. The van der Waals surface area contributed by atoms with Gasteiger partial charge in [-0.2, -0.15) is 0 Å². The van der Waals surface area contributed by atoms with Gasteiger partial charge in [-0.15, -0.1) is 0 Å². The minimum Gasteiger partial charge on any atom is -0.375 e. The number of urea groups is 1. The maximum absolute atomic E-state index is 12.6. The van der Waals surface area contributed by atoms with E-state index < -0.39 is 0 Å². The zero-order valence-electron chi connectivity index (χ0n) is 15.3. The second-order valence-corrected chi connectivity index (χ2v) is 6.89. The Hall–Kier alpha value is -2.40. The number of anilines is 3. The number of carbonyl (C=O) groups excluding carboxylic acids is 1. The number of piperazine rings is 1. The minimum atomic E-state index is -0.0490. The predicted molar refractivity (Wildman–Crippen MR) is 110 cm³/mol. The van der Waals surface area contributed by atoms with Crippen LogP contribution in [-0.2, 0) is 0 Å². The number of rotatable bonds is 4. The highest BCUT2D eigenvalue weighted by Gasteiger charge is 2.21. The molecule has 26 heavy (non-hydrogen) atoms. The van der Waals surface area contributed by atoms with Crippen molar-refractivity contribution in [3.05, 3.63) is 53.6 Å². The maximum Gasteiger partial charge on any atom is 0.321 e. The number of benzene rings is 2. The van der Waals surface area contributed by atoms with Crippen LogP contribution in [-0.4, -0.2) is 50.7 Å². The summed E-state index contributed by atoms with van der Waals surface area (Å²) < 4.78 is 0. The average Bonchev–Trinajstić information content (AvgIpc) is 2.67. The summed E-state index contributed by atoms with van der Waals surface area (Å²) in [4.78, 5) is 18.8. The van der Waals surface area contributed by atoms with Gasteiger partial charge in [0.1, 0.15) is 0 Å². The first-order valence-corrected chi connectivity index (χ1v) is 9.32. The summed E-state index contributed by atoms with van der Waals surface area (Å²) in [7, 11) is 2.04. The third-order valence-corrected chi connectivity index (χ3v) is 4.99. The van der Waals surface area contributed by atoms with Crippen LogP contribution in [0.3, 0.4) is 0 Å². The van der Waals surface area contributed by atoms with Crippen LogP contribution in [0.25, 0.3) is 0 Å². The Balaban J connectivity index is 1.57. The molecular weight excluding hydrogens is 348 g/mol. The van der Waals surface area contributed by atoms with Crippen molar-refractivity contribution in [1.82, 2.24) is 4.90 Å². The van der Waals surface area contributed by atoms with Crippen molar-refractivity contribution in [3.8, 4) is 0 Å². The Labute approximate surface area is 160 Å². The van der Waals surface area contributed by atoms with Crippen LogP contribution in [0, 0.1) is 0 Å². The van der Waals surface area contributed by atoms with Gasteiger partial charge in [-0.25, -0.2) is 4.79 Å². The highest BCUT2D eigenvalue weighted by molar-refractivity contribution is 6.30. The zero-order valence-corrected chi connectivity index (χ0v) is 16.0. The van der Waals surface area contributed by atoms with Crippen molar-refractivity contribution in [1.29, 1.82) is 0 Å². The number of halogens is 1. The summed E-state index contributed by atoms with van der Waals surface area (Å²) in [5, 5.41) is 3.75. The summed E-state index contributed by atoms with van der Waals surface area (Å²) in [5.74, 6) is 0. The lowest BCUT2D eigenvalue weighted by molar-refractivity contribution is 0.208. The number of hydrogen-bond acceptors (Lipinski definition) is 3. The van der Waals surface area contributed by atoms with Gasteiger partial charge in [-0.1, -0.05) is 23.7 Å². The van der Waals surface area contributed by atoms with Crippen LogP contribution in [0.15, 0.2) is 48.5 Å². The number of nitrogens with one attached hydrogen (secondary N) is 1. The molecule has 2 amide bonds. The van der Waals surface area contributed by atoms with E-state index in [4.69, 9.17) is 11.6 Å². The van der Waals surface area contributed by atoms with E-state index in [-0.39, 0.29) is 6.03 Å². The van der Waals surface area contributed by atoms with Crippen LogP contribution in [0.1, 0.15) is 6.92 Å². The molecule has 0 saturated carbocycles. The Bertz CT molecular complexity index is 759. The molecule has 0 aliphatic carbocycles. The SMILES string of the molecule is CCN(C)c1cccc(NC(=O)N2CCN(c3cccc(Cl)c3)CC2)c1. The lowest BCUT2D eigenvalue weighted by Gasteiger charge is -2.36. The topological polar surface area (TPSA) is 38.8 Å². The summed E-state index contributed by atoms with van der Waals surface area (Å²) >= 11 is 6.07. The molecule has 0 unspecified atom stereocenters. The van der Waals surface area contributed by atoms with E-state index in [1.165, 1.54) is 0 Å². The number of amides is 2. The van der Waals surface area contributed by atoms with Crippen molar-refractivity contribution in [2.24, 2.45) is 0 Å². The molecule has 138 valence electrons. The van der Waals surface area contributed by atoms with E-state index in [1.54, 1.807) is 0 Å². The van der Waals surface area contributed by atoms with Crippen LogP contribution < -0.4 is 15.1 Å². The van der Waals surface area contributed by atoms with Crippen molar-refractivity contribution in [2.45, 2.75) is 6.92 Å². The maximum atomic E-state index is 12.6. The Morgan fingerprint density at radius 1 is 1.12 bits per heavy atom. The molecule has 1 saturated heterocycles. The quantitative estimate of drug-likeness (QED) is 0.876. The van der Waals surface area contributed by atoms with E-state index >= 15 is 0 Å². The molecule has 0 aromatic heterocycles. The second kappa shape index (κ2) is 8.32. The van der Waals surface area contributed by atoms with E-state index in [2.05, 4.69) is 28.1 Å². The monoisotopic (exact) mass is 372 g/mol. The molecule has 2 aromatic carbocycles. The average molecular weight is 373 g/mol. The minimum absolute atomic E-state index is 0.0490. The predicted octanol–water partition coefficient (Wildman–Crippen LogP) is 4.15. The fourth-order valence-corrected chi connectivity index (χ4v) is 3.23. The van der Waals surface area contributed by atoms with Gasteiger partial charge < -0.3 is 20.0 Å². The first-order valence-electron chi connectivity index (χ1n) is 8.94. The molecule has 1 heterocycles. The first kappa shape index (κ1) is 18.4. The van der Waals surface area contributed by atoms with E-state index in [0.29, 0.717) is 13.1 Å². The van der Waals surface area contributed by atoms with E-state index in [9.17, 15) is 4.79 Å². The smallest absolute Gasteiger partial charge is 0.321 e. The van der Waals surface area contributed by atoms with Gasteiger partial charge in [0, 0.05) is 61.9 Å². The zero-order chi connectivity index (χ0) is 18.5. The molecule has 1 aliphatic rings. The standard InChI is InChI=1S/C20H25ClN4O/c1-3-23(2)18-8-5-7-17(15-18)22-20(26)25-12-10-24(11-13-25)19-9-4-6-16(21)14-19/h4-9,14-15H,3,10-13H2,1-2H3,(H,22,26). The van der Waals surface area contributed by atoms with Crippen molar-refractivity contribution >= 4 is 34.7 Å². The largest absolute Gasteiger partial charge is 0.375 e. The van der Waals surface area contributed by atoms with Crippen molar-refractivity contribution in [2.75, 3.05) is 54.9 Å². The van der Waals surface area contributed by atoms with Crippen LogP contribution in [0.5, 0.6) is 0 Å². The Kier molecular flexibility index (Phi) is 5.89. The molecule has 1 aliphatic heterocycles. The van der Waals surface area contributed by atoms with Gasteiger partial charge in [-0.05, 0) is 43.3 Å². The summed E-state index contributed by atoms with van der Waals surface area (Å²) in [6.07, 6.45) is 0. The number of hydrogen-bond donors (Lipinski definition) is 1. The molecule has 1 fully saturated rings. The molecule has 2 aromatic rings. The second-order valence-electron chi connectivity index (χ2n) is 6.45. The van der Waals surface area contributed by atoms with E-state index in [1.807, 2.05) is 54.4 Å². The summed E-state index contributed by atoms with van der Waals surface area (Å²) in [5.41, 5.74) is 3.02. The molecule has 0 radical (unpaired) electrons. The molecule has 5 nitrogen and oxygen atoms in total. The highest BCUT2D eigenvalue weighted by Crippen LogP contribution is 2.22. The van der Waals surface area contributed by atoms with Gasteiger partial charge in [0.15, 0.2) is 0 Å². The molecule has 0 atom stereocenters. The Morgan fingerprint density at radius 3 is 2.54 bits per heavy atom. The van der Waals surface area contributed by atoms with Gasteiger partial charge >= 0.3 is 6.03 Å². The van der Waals surface area contributed by atoms with Crippen LogP contribution in [0.4, 0.5) is 21.9 Å². The number of carbonyl (C=O) groups is 1. The summed E-state index contributed by atoms with van der Waals surface area (Å²) in [6.45, 7) is 5.99. The lowest BCUT2D eigenvalue weighted by atomic mass is 10.2. The molecule has 6 heteroatoms. The molecule has 0 spiro atoms. The van der Waals surface area contributed by atoms with Gasteiger partial charge in [0.25, 0.3) is 0 Å². The van der Waals surface area contributed by atoms with Gasteiger partial charge in [-0.3, -0.25) is 0 Å². The fourth-order valence-electron chi connectivity index (χ4n) is 3.05. The summed E-state index contributed by atoms with van der Waals surface area (Å²) in [6, 6.07) is 15.7. The molecule has 3 rings (SSSR count). The lowest BCUT2D eigenvalue weighted by Crippen LogP contribution is -2.50. The van der Waals surface area contributed by atoms with Crippen LogP contribution in [0.2, 0.25) is 5.02 Å². The first-order chi connectivity index (χ1) is 12.6. The van der Waals surface area contributed by atoms with Crippen LogP contribution >= 0.6 is 11.6 Å². The molecule has 0 bridgehead atoms.